The van der Waals surface area contributed by atoms with Crippen LogP contribution in [0.1, 0.15) is 24.5 Å². The number of thioether (sulfide) groups is 1. The molecule has 0 saturated heterocycles. The summed E-state index contributed by atoms with van der Waals surface area (Å²) in [5.41, 5.74) is 2.41. The Hall–Kier alpha value is -0.960. The third-order valence-corrected chi connectivity index (χ3v) is 4.20. The summed E-state index contributed by atoms with van der Waals surface area (Å²) in [5, 5.41) is 8.79. The quantitative estimate of drug-likeness (QED) is 0.867. The van der Waals surface area contributed by atoms with Crippen molar-refractivity contribution in [3.63, 3.8) is 0 Å². The molecule has 0 aromatic heterocycles. The van der Waals surface area contributed by atoms with Crippen molar-refractivity contribution in [1.29, 1.82) is 5.41 Å². The molecule has 1 unspecified atom stereocenters. The molecule has 0 spiro atoms. The molecule has 16 heavy (non-hydrogen) atoms. The zero-order valence-corrected chi connectivity index (χ0v) is 10.7. The third kappa shape index (κ3) is 2.24. The summed E-state index contributed by atoms with van der Waals surface area (Å²) in [4.78, 5) is 2.18. The second-order valence-electron chi connectivity index (χ2n) is 4.26. The van der Waals surface area contributed by atoms with Crippen LogP contribution in [0.5, 0.6) is 0 Å². The van der Waals surface area contributed by atoms with Crippen LogP contribution < -0.4 is 0 Å². The van der Waals surface area contributed by atoms with Gasteiger partial charge in [-0.3, -0.25) is 5.41 Å². The van der Waals surface area contributed by atoms with Crippen LogP contribution in [0.3, 0.4) is 0 Å². The molecule has 1 aromatic rings. The van der Waals surface area contributed by atoms with Crippen LogP contribution in [-0.2, 0) is 6.54 Å². The lowest BCUT2D eigenvalue weighted by molar-refractivity contribution is 0.418. The van der Waals surface area contributed by atoms with Gasteiger partial charge in [0.25, 0.3) is 0 Å². The molecule has 0 bridgehead atoms. The molecular weight excluding hydrogens is 216 g/mol. The summed E-state index contributed by atoms with van der Waals surface area (Å²) >= 11 is 1.90. The summed E-state index contributed by atoms with van der Waals surface area (Å²) in [5.74, 6) is 0.698. The number of hydrogen-bond donors (Lipinski definition) is 1. The summed E-state index contributed by atoms with van der Waals surface area (Å²) in [7, 11) is 0. The summed E-state index contributed by atoms with van der Waals surface area (Å²) in [6.45, 7) is 4.16. The van der Waals surface area contributed by atoms with Gasteiger partial charge in [0.1, 0.15) is 5.84 Å². The average Bonchev–Trinajstić information content (AvgIpc) is 2.64. The third-order valence-electron chi connectivity index (χ3n) is 3.16. The van der Waals surface area contributed by atoms with E-state index in [1.54, 1.807) is 0 Å². The maximum atomic E-state index is 8.11. The van der Waals surface area contributed by atoms with E-state index in [-0.39, 0.29) is 0 Å². The average molecular weight is 234 g/mol. The second-order valence-corrected chi connectivity index (χ2v) is 5.54. The Morgan fingerprint density at radius 1 is 1.44 bits per heavy atom. The lowest BCUT2D eigenvalue weighted by atomic mass is 10.1. The highest BCUT2D eigenvalue weighted by Crippen LogP contribution is 2.23. The fraction of sp³-hybridized carbons (Fsp3) is 0.462. The lowest BCUT2D eigenvalue weighted by Crippen LogP contribution is -2.26. The Kier molecular flexibility index (Phi) is 3.54. The number of fused-ring (bicyclic) bond motifs is 1. The van der Waals surface area contributed by atoms with Gasteiger partial charge in [-0.1, -0.05) is 31.2 Å². The van der Waals surface area contributed by atoms with E-state index in [0.29, 0.717) is 11.1 Å². The van der Waals surface area contributed by atoms with Gasteiger partial charge in [-0.05, 0) is 18.2 Å². The van der Waals surface area contributed by atoms with E-state index in [4.69, 9.17) is 5.41 Å². The van der Waals surface area contributed by atoms with E-state index in [2.05, 4.69) is 36.3 Å². The minimum Gasteiger partial charge on any atom is -0.352 e. The largest absolute Gasteiger partial charge is 0.352 e. The molecular formula is C13H18N2S. The zero-order chi connectivity index (χ0) is 11.5. The smallest absolute Gasteiger partial charge is 0.128 e. The Morgan fingerprint density at radius 3 is 2.88 bits per heavy atom. The summed E-state index contributed by atoms with van der Waals surface area (Å²) in [6, 6.07) is 8.25. The van der Waals surface area contributed by atoms with Crippen LogP contribution in [0.2, 0.25) is 0 Å². The molecule has 0 radical (unpaired) electrons. The van der Waals surface area contributed by atoms with Gasteiger partial charge in [-0.25, -0.2) is 0 Å². The minimum absolute atomic E-state index is 0.677. The number of nitrogens with zero attached hydrogens (tertiary/aromatic N) is 1. The van der Waals surface area contributed by atoms with Crippen LogP contribution in [-0.4, -0.2) is 28.8 Å². The lowest BCUT2D eigenvalue weighted by Gasteiger charge is -2.19. The molecule has 0 aliphatic carbocycles. The highest BCUT2D eigenvalue weighted by molar-refractivity contribution is 7.99. The van der Waals surface area contributed by atoms with Crippen molar-refractivity contribution in [2.45, 2.75) is 25.1 Å². The van der Waals surface area contributed by atoms with E-state index < -0.39 is 0 Å². The number of benzene rings is 1. The number of hydrogen-bond acceptors (Lipinski definition) is 2. The van der Waals surface area contributed by atoms with Crippen molar-refractivity contribution in [3.05, 3.63) is 35.4 Å². The van der Waals surface area contributed by atoms with Gasteiger partial charge in [0, 0.05) is 23.9 Å². The molecule has 1 atom stereocenters. The molecule has 1 aliphatic heterocycles. The molecule has 1 aromatic carbocycles. The summed E-state index contributed by atoms with van der Waals surface area (Å²) in [6.07, 6.45) is 3.30. The number of nitrogens with one attached hydrogen (secondary N) is 1. The maximum absolute atomic E-state index is 8.11. The van der Waals surface area contributed by atoms with Gasteiger partial charge in [-0.15, -0.1) is 0 Å². The Morgan fingerprint density at radius 2 is 2.19 bits per heavy atom. The minimum atomic E-state index is 0.677. The van der Waals surface area contributed by atoms with Crippen LogP contribution in [0.15, 0.2) is 24.3 Å². The molecule has 2 nitrogen and oxygen atoms in total. The Labute approximate surface area is 102 Å². The SMILES string of the molecule is CSC(C)CCN1Cc2ccccc2C1=N. The molecule has 1 aliphatic rings. The zero-order valence-electron chi connectivity index (χ0n) is 9.86. The van der Waals surface area contributed by atoms with Crippen molar-refractivity contribution in [1.82, 2.24) is 4.90 Å². The van der Waals surface area contributed by atoms with Crippen molar-refractivity contribution in [2.75, 3.05) is 12.8 Å². The van der Waals surface area contributed by atoms with Gasteiger partial charge >= 0.3 is 0 Å². The first-order chi connectivity index (χ1) is 7.72. The van der Waals surface area contributed by atoms with Gasteiger partial charge < -0.3 is 4.90 Å². The molecule has 0 amide bonds. The highest BCUT2D eigenvalue weighted by Gasteiger charge is 2.23. The molecule has 0 fully saturated rings. The van der Waals surface area contributed by atoms with Gasteiger partial charge in [0.05, 0.1) is 0 Å². The molecule has 1 N–H and O–H groups in total. The standard InChI is InChI=1S/C13H18N2S/c1-10(16-2)7-8-15-9-11-5-3-4-6-12(11)13(15)14/h3-6,10,14H,7-9H2,1-2H3. The van der Waals surface area contributed by atoms with Gasteiger partial charge in [-0.2, -0.15) is 11.8 Å². The number of amidine groups is 1. The van der Waals surface area contributed by atoms with E-state index in [1.165, 1.54) is 5.56 Å². The van der Waals surface area contributed by atoms with Gasteiger partial charge in [0.15, 0.2) is 0 Å². The first kappa shape index (κ1) is 11.5. The van der Waals surface area contributed by atoms with Crippen LogP contribution >= 0.6 is 11.8 Å². The van der Waals surface area contributed by atoms with E-state index in [9.17, 15) is 0 Å². The van der Waals surface area contributed by atoms with Crippen LogP contribution in [0.25, 0.3) is 0 Å². The molecule has 0 saturated carbocycles. The molecule has 2 rings (SSSR count). The van der Waals surface area contributed by atoms with Crippen molar-refractivity contribution in [3.8, 4) is 0 Å². The Balaban J connectivity index is 1.99. The molecule has 86 valence electrons. The maximum Gasteiger partial charge on any atom is 0.128 e. The monoisotopic (exact) mass is 234 g/mol. The summed E-state index contributed by atoms with van der Waals surface area (Å²) < 4.78 is 0. The fourth-order valence-corrected chi connectivity index (χ4v) is 2.33. The first-order valence-corrected chi connectivity index (χ1v) is 6.95. The second kappa shape index (κ2) is 4.91. The molecule has 3 heteroatoms. The Bertz CT molecular complexity index is 389. The predicted octanol–water partition coefficient (Wildman–Crippen LogP) is 2.97. The topological polar surface area (TPSA) is 27.1 Å². The van der Waals surface area contributed by atoms with Crippen LogP contribution in [0, 0.1) is 5.41 Å². The molecule has 1 heterocycles. The fourth-order valence-electron chi connectivity index (χ4n) is 1.99. The van der Waals surface area contributed by atoms with E-state index >= 15 is 0 Å². The highest BCUT2D eigenvalue weighted by atomic mass is 32.2. The van der Waals surface area contributed by atoms with Crippen molar-refractivity contribution in [2.24, 2.45) is 0 Å². The number of rotatable bonds is 4. The van der Waals surface area contributed by atoms with Crippen LogP contribution in [0.4, 0.5) is 0 Å². The predicted molar refractivity (Wildman–Crippen MR) is 71.3 cm³/mol. The normalized spacial score (nSPS) is 16.4. The van der Waals surface area contributed by atoms with Crippen molar-refractivity contribution < 1.29 is 0 Å². The van der Waals surface area contributed by atoms with Gasteiger partial charge in [0.2, 0.25) is 0 Å². The first-order valence-electron chi connectivity index (χ1n) is 5.67. The van der Waals surface area contributed by atoms with E-state index in [1.807, 2.05) is 17.8 Å². The van der Waals surface area contributed by atoms with E-state index in [0.717, 1.165) is 25.1 Å². The van der Waals surface area contributed by atoms with Crippen molar-refractivity contribution >= 4 is 17.6 Å².